The first kappa shape index (κ1) is 14.2. The maximum Gasteiger partial charge on any atom is 0.252 e. The summed E-state index contributed by atoms with van der Waals surface area (Å²) in [6.45, 7) is 4.23. The average Bonchev–Trinajstić information content (AvgIpc) is 2.79. The van der Waals surface area contributed by atoms with Crippen molar-refractivity contribution in [2.75, 3.05) is 0 Å². The highest BCUT2D eigenvalue weighted by Gasteiger charge is 2.17. The normalized spacial score (nSPS) is 10.9. The van der Waals surface area contributed by atoms with E-state index < -0.39 is 0 Å². The Morgan fingerprint density at radius 3 is 2.73 bits per heavy atom. The minimum Gasteiger partial charge on any atom is -0.348 e. The zero-order chi connectivity index (χ0) is 15.7. The van der Waals surface area contributed by atoms with Crippen LogP contribution in [0.4, 0.5) is 0 Å². The summed E-state index contributed by atoms with van der Waals surface area (Å²) in [6.07, 6.45) is 3.42. The van der Waals surface area contributed by atoms with Crippen molar-refractivity contribution in [1.29, 1.82) is 0 Å². The molecule has 0 aliphatic rings. The molecule has 112 valence electrons. The molecule has 0 radical (unpaired) electrons. The van der Waals surface area contributed by atoms with Gasteiger partial charge in [0.1, 0.15) is 0 Å². The molecule has 3 aromatic heterocycles. The molecule has 6 nitrogen and oxygen atoms in total. The molecule has 0 saturated carbocycles. The van der Waals surface area contributed by atoms with Gasteiger partial charge in [0.05, 0.1) is 16.6 Å². The molecule has 1 N–H and O–H groups in total. The monoisotopic (exact) mass is 295 g/mol. The molecule has 0 aliphatic heterocycles. The summed E-state index contributed by atoms with van der Waals surface area (Å²) < 4.78 is 1.71. The summed E-state index contributed by atoms with van der Waals surface area (Å²) in [5.41, 5.74) is 3.95. The molecule has 22 heavy (non-hydrogen) atoms. The van der Waals surface area contributed by atoms with Crippen LogP contribution < -0.4 is 5.32 Å². The van der Waals surface area contributed by atoms with Gasteiger partial charge in [-0.15, -0.1) is 0 Å². The van der Waals surface area contributed by atoms with Gasteiger partial charge >= 0.3 is 0 Å². The smallest absolute Gasteiger partial charge is 0.252 e. The minimum atomic E-state index is -0.122. The lowest BCUT2D eigenvalue weighted by Gasteiger charge is -2.08. The van der Waals surface area contributed by atoms with Crippen molar-refractivity contribution in [1.82, 2.24) is 25.1 Å². The predicted molar refractivity (Wildman–Crippen MR) is 83.4 cm³/mol. The predicted octanol–water partition coefficient (Wildman–Crippen LogP) is 1.91. The summed E-state index contributed by atoms with van der Waals surface area (Å²) in [7, 11) is 1.83. The third-order valence-corrected chi connectivity index (χ3v) is 3.54. The Balaban J connectivity index is 1.94. The Hall–Kier alpha value is -2.76. The highest BCUT2D eigenvalue weighted by molar-refractivity contribution is 6.06. The topological polar surface area (TPSA) is 72.7 Å². The van der Waals surface area contributed by atoms with Crippen LogP contribution in [0.5, 0.6) is 0 Å². The number of carbonyl (C=O) groups is 1. The highest BCUT2D eigenvalue weighted by Crippen LogP contribution is 2.21. The lowest BCUT2D eigenvalue weighted by molar-refractivity contribution is 0.0952. The molecule has 0 saturated heterocycles. The second kappa shape index (κ2) is 5.55. The van der Waals surface area contributed by atoms with Gasteiger partial charge in [0.2, 0.25) is 0 Å². The molecule has 0 atom stereocenters. The molecule has 1 amide bonds. The van der Waals surface area contributed by atoms with Crippen LogP contribution in [0.25, 0.3) is 11.0 Å². The Bertz CT molecular complexity index is 839. The summed E-state index contributed by atoms with van der Waals surface area (Å²) in [4.78, 5) is 21.0. The van der Waals surface area contributed by atoms with Crippen molar-refractivity contribution in [3.8, 4) is 0 Å². The average molecular weight is 295 g/mol. The number of hydrogen-bond acceptors (Lipinski definition) is 4. The van der Waals surface area contributed by atoms with Crippen LogP contribution in [-0.4, -0.2) is 25.7 Å². The van der Waals surface area contributed by atoms with Crippen molar-refractivity contribution in [3.63, 3.8) is 0 Å². The van der Waals surface area contributed by atoms with Crippen LogP contribution in [-0.2, 0) is 13.6 Å². The largest absolute Gasteiger partial charge is 0.348 e. The van der Waals surface area contributed by atoms with E-state index >= 15 is 0 Å². The second-order valence-corrected chi connectivity index (χ2v) is 5.26. The summed E-state index contributed by atoms with van der Waals surface area (Å²) in [5.74, 6) is -0.122. The molecule has 0 bridgehead atoms. The number of carbonyl (C=O) groups excluding carboxylic acids is 1. The van der Waals surface area contributed by atoms with E-state index in [1.54, 1.807) is 23.1 Å². The molecular formula is C16H17N5O. The Morgan fingerprint density at radius 1 is 1.27 bits per heavy atom. The number of hydrogen-bond donors (Lipinski definition) is 1. The van der Waals surface area contributed by atoms with Gasteiger partial charge in [-0.2, -0.15) is 5.10 Å². The number of fused-ring (bicyclic) bond motifs is 1. The van der Waals surface area contributed by atoms with Crippen LogP contribution in [0, 0.1) is 13.8 Å². The number of aromatic nitrogens is 4. The van der Waals surface area contributed by atoms with Gasteiger partial charge < -0.3 is 5.32 Å². The van der Waals surface area contributed by atoms with Gasteiger partial charge in [0.15, 0.2) is 5.65 Å². The van der Waals surface area contributed by atoms with E-state index in [1.165, 1.54) is 0 Å². The molecular weight excluding hydrogens is 278 g/mol. The summed E-state index contributed by atoms with van der Waals surface area (Å²) in [6, 6.07) is 5.56. The third-order valence-electron chi connectivity index (χ3n) is 3.54. The third kappa shape index (κ3) is 2.55. The van der Waals surface area contributed by atoms with E-state index in [9.17, 15) is 4.79 Å². The fourth-order valence-corrected chi connectivity index (χ4v) is 2.53. The lowest BCUT2D eigenvalue weighted by atomic mass is 10.1. The van der Waals surface area contributed by atoms with E-state index in [0.717, 1.165) is 28.0 Å². The van der Waals surface area contributed by atoms with Gasteiger partial charge in [-0.05, 0) is 37.6 Å². The Morgan fingerprint density at radius 2 is 2.00 bits per heavy atom. The first-order chi connectivity index (χ1) is 10.6. The number of amides is 1. The minimum absolute atomic E-state index is 0.122. The SMILES string of the molecule is Cc1cc(C(=O)NCc2ccncc2)c2c(C)nn(C)c2n1. The quantitative estimate of drug-likeness (QED) is 0.801. The summed E-state index contributed by atoms with van der Waals surface area (Å²) in [5, 5.41) is 8.10. The zero-order valence-corrected chi connectivity index (χ0v) is 12.8. The molecule has 6 heteroatoms. The maximum atomic E-state index is 12.6. The van der Waals surface area contributed by atoms with Crippen molar-refractivity contribution >= 4 is 16.9 Å². The number of nitrogens with zero attached hydrogens (tertiary/aromatic N) is 4. The molecule has 3 rings (SSSR count). The second-order valence-electron chi connectivity index (χ2n) is 5.26. The zero-order valence-electron chi connectivity index (χ0n) is 12.8. The van der Waals surface area contributed by atoms with E-state index in [0.29, 0.717) is 12.1 Å². The molecule has 0 aliphatic carbocycles. The molecule has 0 spiro atoms. The van der Waals surface area contributed by atoms with Crippen molar-refractivity contribution in [2.45, 2.75) is 20.4 Å². The first-order valence-corrected chi connectivity index (χ1v) is 7.04. The van der Waals surface area contributed by atoms with Gasteiger partial charge in [-0.3, -0.25) is 14.5 Å². The van der Waals surface area contributed by atoms with E-state index in [1.807, 2.05) is 33.0 Å². The number of aryl methyl sites for hydroxylation is 3. The van der Waals surface area contributed by atoms with Gasteiger partial charge in [-0.1, -0.05) is 0 Å². The van der Waals surface area contributed by atoms with Gasteiger partial charge in [0.25, 0.3) is 5.91 Å². The standard InChI is InChI=1S/C16H17N5O/c1-10-8-13(14-11(2)20-21(3)15(14)19-10)16(22)18-9-12-4-6-17-7-5-12/h4-8H,9H2,1-3H3,(H,18,22). The number of nitrogens with one attached hydrogen (secondary N) is 1. The van der Waals surface area contributed by atoms with Gasteiger partial charge in [0, 0.05) is 31.7 Å². The lowest BCUT2D eigenvalue weighted by Crippen LogP contribution is -2.23. The first-order valence-electron chi connectivity index (χ1n) is 7.04. The molecule has 3 heterocycles. The van der Waals surface area contributed by atoms with E-state index in [2.05, 4.69) is 20.4 Å². The van der Waals surface area contributed by atoms with E-state index in [-0.39, 0.29) is 5.91 Å². The van der Waals surface area contributed by atoms with Crippen LogP contribution in [0.15, 0.2) is 30.6 Å². The number of pyridine rings is 2. The number of rotatable bonds is 3. The van der Waals surface area contributed by atoms with Crippen molar-refractivity contribution in [2.24, 2.45) is 7.05 Å². The maximum absolute atomic E-state index is 12.6. The van der Waals surface area contributed by atoms with Crippen LogP contribution in [0.3, 0.4) is 0 Å². The molecule has 0 fully saturated rings. The van der Waals surface area contributed by atoms with Crippen LogP contribution >= 0.6 is 0 Å². The fourth-order valence-electron chi connectivity index (χ4n) is 2.53. The fraction of sp³-hybridized carbons (Fsp3) is 0.250. The van der Waals surface area contributed by atoms with E-state index in [4.69, 9.17) is 0 Å². The Kier molecular flexibility index (Phi) is 3.58. The summed E-state index contributed by atoms with van der Waals surface area (Å²) >= 11 is 0. The molecule has 0 aromatic carbocycles. The van der Waals surface area contributed by atoms with Crippen LogP contribution in [0.1, 0.15) is 27.3 Å². The molecule has 0 unspecified atom stereocenters. The highest BCUT2D eigenvalue weighted by atomic mass is 16.1. The van der Waals surface area contributed by atoms with Crippen molar-refractivity contribution < 1.29 is 4.79 Å². The van der Waals surface area contributed by atoms with Gasteiger partial charge in [-0.25, -0.2) is 4.98 Å². The van der Waals surface area contributed by atoms with Crippen LogP contribution in [0.2, 0.25) is 0 Å². The molecule has 3 aromatic rings. The Labute approximate surface area is 128 Å². The van der Waals surface area contributed by atoms with Crippen molar-refractivity contribution in [3.05, 3.63) is 53.1 Å².